The van der Waals surface area contributed by atoms with Crippen molar-refractivity contribution < 1.29 is 14.3 Å². The van der Waals surface area contributed by atoms with Crippen molar-refractivity contribution >= 4 is 44.4 Å². The lowest BCUT2D eigenvalue weighted by molar-refractivity contribution is 0.0984. The molecular weight excluding hydrogens is 406 g/mol. The SMILES string of the molecule is CSc1ccc2nc(N(CCN(C)C)C(=O)c3ccc4c(c3)OCCO4)sc2c1. The number of nitrogens with zero attached hydrogens (tertiary/aromatic N) is 3. The van der Waals surface area contributed by atoms with Gasteiger partial charge in [-0.15, -0.1) is 11.8 Å². The van der Waals surface area contributed by atoms with E-state index in [9.17, 15) is 4.79 Å². The summed E-state index contributed by atoms with van der Waals surface area (Å²) in [6.45, 7) is 2.31. The van der Waals surface area contributed by atoms with Gasteiger partial charge in [0, 0.05) is 23.5 Å². The van der Waals surface area contributed by atoms with E-state index in [2.05, 4.69) is 23.3 Å². The molecule has 0 radical (unpaired) electrons. The molecule has 0 aliphatic carbocycles. The van der Waals surface area contributed by atoms with Gasteiger partial charge in [-0.2, -0.15) is 0 Å². The molecule has 4 rings (SSSR count). The van der Waals surface area contributed by atoms with Crippen LogP contribution in [0.1, 0.15) is 10.4 Å². The molecule has 0 saturated carbocycles. The Balaban J connectivity index is 1.68. The van der Waals surface area contributed by atoms with Gasteiger partial charge in [-0.25, -0.2) is 4.98 Å². The molecule has 2 heterocycles. The Bertz CT molecular complexity index is 1040. The summed E-state index contributed by atoms with van der Waals surface area (Å²) in [6.07, 6.45) is 2.05. The number of benzene rings is 2. The number of thioether (sulfide) groups is 1. The summed E-state index contributed by atoms with van der Waals surface area (Å²) in [7, 11) is 3.99. The van der Waals surface area contributed by atoms with Crippen LogP contribution in [0.5, 0.6) is 11.5 Å². The molecule has 6 nitrogen and oxygen atoms in total. The highest BCUT2D eigenvalue weighted by atomic mass is 32.2. The summed E-state index contributed by atoms with van der Waals surface area (Å²) in [6, 6.07) is 11.5. The first-order chi connectivity index (χ1) is 14.0. The summed E-state index contributed by atoms with van der Waals surface area (Å²) in [5.41, 5.74) is 1.48. The van der Waals surface area contributed by atoms with Gasteiger partial charge in [-0.05, 0) is 56.7 Å². The number of hydrogen-bond donors (Lipinski definition) is 0. The van der Waals surface area contributed by atoms with Gasteiger partial charge < -0.3 is 14.4 Å². The zero-order chi connectivity index (χ0) is 20.4. The van der Waals surface area contributed by atoms with E-state index in [0.717, 1.165) is 16.8 Å². The third-order valence-electron chi connectivity index (χ3n) is 4.62. The molecule has 0 atom stereocenters. The first-order valence-corrected chi connectivity index (χ1v) is 11.4. The maximum atomic E-state index is 13.4. The monoisotopic (exact) mass is 429 g/mol. The van der Waals surface area contributed by atoms with Crippen molar-refractivity contribution in [1.82, 2.24) is 9.88 Å². The Labute approximate surface area is 178 Å². The molecular formula is C21H23N3O3S2. The number of carbonyl (C=O) groups excluding carboxylic acids is 1. The van der Waals surface area contributed by atoms with Crippen molar-refractivity contribution in [2.24, 2.45) is 0 Å². The van der Waals surface area contributed by atoms with Crippen LogP contribution in [0.25, 0.3) is 10.2 Å². The summed E-state index contributed by atoms with van der Waals surface area (Å²) in [5, 5.41) is 0.708. The smallest absolute Gasteiger partial charge is 0.260 e. The number of likely N-dealkylation sites (N-methyl/N-ethyl adjacent to an activating group) is 1. The Hall–Kier alpha value is -2.29. The number of rotatable bonds is 6. The van der Waals surface area contributed by atoms with Crippen LogP contribution >= 0.6 is 23.1 Å². The Morgan fingerprint density at radius 1 is 1.10 bits per heavy atom. The maximum Gasteiger partial charge on any atom is 0.260 e. The number of aromatic nitrogens is 1. The normalized spacial score (nSPS) is 13.1. The number of carbonyl (C=O) groups is 1. The predicted molar refractivity (Wildman–Crippen MR) is 119 cm³/mol. The van der Waals surface area contributed by atoms with Gasteiger partial charge in [0.05, 0.1) is 10.2 Å². The predicted octanol–water partition coefficient (Wildman–Crippen LogP) is 4.00. The van der Waals surface area contributed by atoms with Crippen molar-refractivity contribution in [3.63, 3.8) is 0 Å². The largest absolute Gasteiger partial charge is 0.486 e. The van der Waals surface area contributed by atoms with Crippen molar-refractivity contribution in [2.75, 3.05) is 51.6 Å². The van der Waals surface area contributed by atoms with E-state index >= 15 is 0 Å². The number of hydrogen-bond acceptors (Lipinski definition) is 7. The summed E-state index contributed by atoms with van der Waals surface area (Å²) in [5.74, 6) is 1.20. The topological polar surface area (TPSA) is 54.9 Å². The van der Waals surface area contributed by atoms with Gasteiger partial charge in [-0.3, -0.25) is 9.69 Å². The highest BCUT2D eigenvalue weighted by Gasteiger charge is 2.23. The molecule has 152 valence electrons. The second-order valence-electron chi connectivity index (χ2n) is 6.95. The van der Waals surface area contributed by atoms with Gasteiger partial charge in [0.25, 0.3) is 5.91 Å². The van der Waals surface area contributed by atoms with Crippen LogP contribution in [0.3, 0.4) is 0 Å². The minimum atomic E-state index is -0.0898. The number of anilines is 1. The second kappa shape index (κ2) is 8.61. The summed E-state index contributed by atoms with van der Waals surface area (Å²) in [4.78, 5) is 23.2. The van der Waals surface area contributed by atoms with Crippen LogP contribution in [0.4, 0.5) is 5.13 Å². The average Bonchev–Trinajstić information content (AvgIpc) is 3.15. The molecule has 2 aromatic carbocycles. The first-order valence-electron chi connectivity index (χ1n) is 9.36. The summed E-state index contributed by atoms with van der Waals surface area (Å²) < 4.78 is 12.3. The van der Waals surface area contributed by atoms with Gasteiger partial charge >= 0.3 is 0 Å². The van der Waals surface area contributed by atoms with E-state index < -0.39 is 0 Å². The van der Waals surface area contributed by atoms with Crippen LogP contribution in [-0.2, 0) is 0 Å². The quantitative estimate of drug-likeness (QED) is 0.552. The van der Waals surface area contributed by atoms with Crippen LogP contribution in [0.2, 0.25) is 0 Å². The Morgan fingerprint density at radius 3 is 2.66 bits per heavy atom. The molecule has 0 saturated heterocycles. The maximum absolute atomic E-state index is 13.4. The fourth-order valence-electron chi connectivity index (χ4n) is 3.05. The van der Waals surface area contributed by atoms with E-state index in [1.54, 1.807) is 46.2 Å². The third kappa shape index (κ3) is 4.34. The molecule has 0 spiro atoms. The minimum Gasteiger partial charge on any atom is -0.486 e. The highest BCUT2D eigenvalue weighted by Crippen LogP contribution is 2.34. The molecule has 1 aliphatic heterocycles. The van der Waals surface area contributed by atoms with Crippen LogP contribution in [0.15, 0.2) is 41.3 Å². The lowest BCUT2D eigenvalue weighted by Gasteiger charge is -2.23. The fourth-order valence-corrected chi connectivity index (χ4v) is 4.60. The molecule has 8 heteroatoms. The molecule has 1 aromatic heterocycles. The van der Waals surface area contributed by atoms with Crippen molar-refractivity contribution in [3.8, 4) is 11.5 Å². The molecule has 29 heavy (non-hydrogen) atoms. The van der Waals surface area contributed by atoms with Crippen LogP contribution in [-0.4, -0.2) is 62.4 Å². The van der Waals surface area contributed by atoms with E-state index in [-0.39, 0.29) is 5.91 Å². The highest BCUT2D eigenvalue weighted by molar-refractivity contribution is 7.98. The standard InChI is InChI=1S/C21H23N3O3S2/c1-23(2)8-9-24(21-22-16-6-5-15(28-3)13-19(16)29-21)20(25)14-4-7-17-18(12-14)27-11-10-26-17/h4-7,12-13H,8-11H2,1-3H3. The first kappa shape index (κ1) is 20.0. The van der Waals surface area contributed by atoms with Crippen molar-refractivity contribution in [3.05, 3.63) is 42.0 Å². The molecule has 1 aliphatic rings. The fraction of sp³-hybridized carbons (Fsp3) is 0.333. The van der Waals surface area contributed by atoms with Crippen molar-refractivity contribution in [2.45, 2.75) is 4.90 Å². The van der Waals surface area contributed by atoms with E-state index in [4.69, 9.17) is 14.5 Å². The lowest BCUT2D eigenvalue weighted by atomic mass is 10.1. The van der Waals surface area contributed by atoms with E-state index in [1.165, 1.54) is 4.90 Å². The molecule has 0 bridgehead atoms. The second-order valence-corrected chi connectivity index (χ2v) is 8.84. The molecule has 3 aromatic rings. The lowest BCUT2D eigenvalue weighted by Crippen LogP contribution is -2.36. The van der Waals surface area contributed by atoms with Gasteiger partial charge in [-0.1, -0.05) is 11.3 Å². The molecule has 0 N–H and O–H groups in total. The molecule has 1 amide bonds. The Morgan fingerprint density at radius 2 is 1.90 bits per heavy atom. The minimum absolute atomic E-state index is 0.0898. The average molecular weight is 430 g/mol. The number of ether oxygens (including phenoxy) is 2. The summed E-state index contributed by atoms with van der Waals surface area (Å²) >= 11 is 3.24. The van der Waals surface area contributed by atoms with Crippen LogP contribution in [0, 0.1) is 0 Å². The van der Waals surface area contributed by atoms with E-state index in [0.29, 0.717) is 42.0 Å². The van der Waals surface area contributed by atoms with Crippen LogP contribution < -0.4 is 14.4 Å². The third-order valence-corrected chi connectivity index (χ3v) is 6.39. The van der Waals surface area contributed by atoms with E-state index in [1.807, 2.05) is 20.2 Å². The Kier molecular flexibility index (Phi) is 5.94. The number of fused-ring (bicyclic) bond motifs is 2. The van der Waals surface area contributed by atoms with Crippen molar-refractivity contribution in [1.29, 1.82) is 0 Å². The molecule has 0 fully saturated rings. The van der Waals surface area contributed by atoms with Gasteiger partial charge in [0.1, 0.15) is 13.2 Å². The number of thiazole rings is 1. The van der Waals surface area contributed by atoms with Gasteiger partial charge in [0.15, 0.2) is 16.6 Å². The number of amides is 1. The zero-order valence-corrected chi connectivity index (χ0v) is 18.3. The zero-order valence-electron chi connectivity index (χ0n) is 16.7. The van der Waals surface area contributed by atoms with Gasteiger partial charge in [0.2, 0.25) is 0 Å². The molecule has 0 unspecified atom stereocenters.